The number of carbonyl (C=O) groups excluding carboxylic acids is 1. The third-order valence-electron chi connectivity index (χ3n) is 3.98. The molecule has 2 heterocycles. The second kappa shape index (κ2) is 10.2. The molecule has 1 amide bonds. The fourth-order valence-corrected chi connectivity index (χ4v) is 2.72. The Bertz CT molecular complexity index is 397. The molecule has 8 heteroatoms. The highest BCUT2D eigenvalue weighted by Crippen LogP contribution is 2.16. The number of aliphatic carboxylic acids is 2. The standard InChI is InChI=1S/C13H24N2O2.C2H2O4/c1-11-5-2-3-7-15(11)13(16)10-14-9-12-6-4-8-17-12;3-1(4)2(5)6/h11-12,14H,2-10H2,1H3;(H,3,4)(H,5,6). The molecule has 0 aromatic carbocycles. The first-order valence-corrected chi connectivity index (χ1v) is 7.99. The molecule has 3 N–H and O–H groups in total. The summed E-state index contributed by atoms with van der Waals surface area (Å²) in [7, 11) is 0. The summed E-state index contributed by atoms with van der Waals surface area (Å²) in [6, 6.07) is 0.417. The number of carboxylic acids is 2. The summed E-state index contributed by atoms with van der Waals surface area (Å²) >= 11 is 0. The van der Waals surface area contributed by atoms with Crippen LogP contribution in [0, 0.1) is 0 Å². The highest BCUT2D eigenvalue weighted by molar-refractivity contribution is 6.27. The smallest absolute Gasteiger partial charge is 0.414 e. The van der Waals surface area contributed by atoms with Gasteiger partial charge in [0.2, 0.25) is 5.91 Å². The Hall–Kier alpha value is -1.67. The zero-order chi connectivity index (χ0) is 17.2. The number of nitrogens with zero attached hydrogens (tertiary/aromatic N) is 1. The summed E-state index contributed by atoms with van der Waals surface area (Å²) in [6.45, 7) is 5.24. The van der Waals surface area contributed by atoms with Gasteiger partial charge in [0, 0.05) is 25.7 Å². The van der Waals surface area contributed by atoms with Gasteiger partial charge in [0.15, 0.2) is 0 Å². The lowest BCUT2D eigenvalue weighted by Crippen LogP contribution is -2.46. The van der Waals surface area contributed by atoms with Gasteiger partial charge in [-0.2, -0.15) is 0 Å². The quantitative estimate of drug-likeness (QED) is 0.635. The summed E-state index contributed by atoms with van der Waals surface area (Å²) < 4.78 is 5.51. The molecule has 2 unspecified atom stereocenters. The minimum atomic E-state index is -1.82. The molecule has 0 aromatic heterocycles. The van der Waals surface area contributed by atoms with Gasteiger partial charge in [0.25, 0.3) is 0 Å². The average Bonchev–Trinajstić information content (AvgIpc) is 3.01. The number of hydrogen-bond acceptors (Lipinski definition) is 5. The van der Waals surface area contributed by atoms with Crippen LogP contribution in [0.3, 0.4) is 0 Å². The van der Waals surface area contributed by atoms with Crippen LogP contribution in [0.4, 0.5) is 0 Å². The first-order chi connectivity index (χ1) is 10.9. The maximum absolute atomic E-state index is 12.0. The van der Waals surface area contributed by atoms with E-state index in [1.165, 1.54) is 6.42 Å². The van der Waals surface area contributed by atoms with E-state index in [1.807, 2.05) is 4.90 Å². The average molecular weight is 330 g/mol. The maximum atomic E-state index is 12.0. The lowest BCUT2D eigenvalue weighted by Gasteiger charge is -2.33. The topological polar surface area (TPSA) is 116 Å². The van der Waals surface area contributed by atoms with E-state index in [0.29, 0.717) is 18.7 Å². The van der Waals surface area contributed by atoms with Crippen LogP contribution < -0.4 is 5.32 Å². The number of amides is 1. The van der Waals surface area contributed by atoms with Gasteiger partial charge in [-0.15, -0.1) is 0 Å². The second-order valence-corrected chi connectivity index (χ2v) is 5.81. The molecule has 0 radical (unpaired) electrons. The van der Waals surface area contributed by atoms with Gasteiger partial charge < -0.3 is 25.2 Å². The van der Waals surface area contributed by atoms with Crippen molar-refractivity contribution in [2.45, 2.75) is 51.2 Å². The Kier molecular flexibility index (Phi) is 8.57. The van der Waals surface area contributed by atoms with Crippen molar-refractivity contribution in [3.63, 3.8) is 0 Å². The fourth-order valence-electron chi connectivity index (χ4n) is 2.72. The summed E-state index contributed by atoms with van der Waals surface area (Å²) in [6.07, 6.45) is 6.17. The van der Waals surface area contributed by atoms with Crippen LogP contribution in [0.2, 0.25) is 0 Å². The molecule has 2 aliphatic heterocycles. The molecule has 2 aliphatic rings. The maximum Gasteiger partial charge on any atom is 0.414 e. The van der Waals surface area contributed by atoms with Crippen LogP contribution in [-0.4, -0.2) is 71.3 Å². The Labute approximate surface area is 135 Å². The van der Waals surface area contributed by atoms with E-state index in [2.05, 4.69) is 12.2 Å². The Morgan fingerprint density at radius 2 is 1.83 bits per heavy atom. The first-order valence-electron chi connectivity index (χ1n) is 7.99. The molecule has 132 valence electrons. The zero-order valence-corrected chi connectivity index (χ0v) is 13.5. The monoisotopic (exact) mass is 330 g/mol. The van der Waals surface area contributed by atoms with E-state index in [0.717, 1.165) is 45.4 Å². The predicted molar refractivity (Wildman–Crippen MR) is 82.1 cm³/mol. The number of rotatable bonds is 4. The first kappa shape index (κ1) is 19.4. The van der Waals surface area contributed by atoms with Crippen LogP contribution in [0.25, 0.3) is 0 Å². The van der Waals surface area contributed by atoms with Crippen molar-refractivity contribution >= 4 is 17.8 Å². The van der Waals surface area contributed by atoms with Crippen LogP contribution in [0.1, 0.15) is 39.0 Å². The number of likely N-dealkylation sites (tertiary alicyclic amines) is 1. The number of nitrogens with one attached hydrogen (secondary N) is 1. The second-order valence-electron chi connectivity index (χ2n) is 5.81. The van der Waals surface area contributed by atoms with E-state index >= 15 is 0 Å². The third kappa shape index (κ3) is 7.43. The van der Waals surface area contributed by atoms with Crippen molar-refractivity contribution in [3.05, 3.63) is 0 Å². The van der Waals surface area contributed by atoms with Gasteiger partial charge in [0.1, 0.15) is 0 Å². The van der Waals surface area contributed by atoms with Gasteiger partial charge >= 0.3 is 11.9 Å². The Balaban J connectivity index is 0.000000379. The number of hydrogen-bond donors (Lipinski definition) is 3. The van der Waals surface area contributed by atoms with Gasteiger partial charge in [0.05, 0.1) is 12.6 Å². The normalized spacial score (nSPS) is 23.8. The Morgan fingerprint density at radius 1 is 1.13 bits per heavy atom. The molecule has 0 saturated carbocycles. The van der Waals surface area contributed by atoms with E-state index in [1.54, 1.807) is 0 Å². The van der Waals surface area contributed by atoms with Crippen LogP contribution in [-0.2, 0) is 19.1 Å². The lowest BCUT2D eigenvalue weighted by molar-refractivity contribution is -0.159. The molecule has 0 aliphatic carbocycles. The minimum Gasteiger partial charge on any atom is -0.473 e. The minimum absolute atomic E-state index is 0.246. The SMILES string of the molecule is CC1CCCCN1C(=O)CNCC1CCCO1.O=C(O)C(=O)O. The molecule has 2 fully saturated rings. The van der Waals surface area contributed by atoms with Crippen LogP contribution in [0.5, 0.6) is 0 Å². The summed E-state index contributed by atoms with van der Waals surface area (Å²) in [5.74, 6) is -3.40. The predicted octanol–water partition coefficient (Wildman–Crippen LogP) is 0.312. The number of ether oxygens (including phenoxy) is 1. The largest absolute Gasteiger partial charge is 0.473 e. The van der Waals surface area contributed by atoms with Crippen molar-refractivity contribution in [2.75, 3.05) is 26.2 Å². The highest BCUT2D eigenvalue weighted by Gasteiger charge is 2.23. The molecule has 0 bridgehead atoms. The van der Waals surface area contributed by atoms with Crippen molar-refractivity contribution in [1.29, 1.82) is 0 Å². The lowest BCUT2D eigenvalue weighted by atomic mass is 10.0. The van der Waals surface area contributed by atoms with Gasteiger partial charge in [-0.05, 0) is 39.0 Å². The van der Waals surface area contributed by atoms with E-state index < -0.39 is 11.9 Å². The fraction of sp³-hybridized carbons (Fsp3) is 0.800. The molecule has 8 nitrogen and oxygen atoms in total. The van der Waals surface area contributed by atoms with Crippen LogP contribution >= 0.6 is 0 Å². The highest BCUT2D eigenvalue weighted by atomic mass is 16.5. The molecular weight excluding hydrogens is 304 g/mol. The van der Waals surface area contributed by atoms with E-state index in [4.69, 9.17) is 24.5 Å². The molecule has 23 heavy (non-hydrogen) atoms. The number of carboxylic acid groups (broad SMARTS) is 2. The van der Waals surface area contributed by atoms with Crippen molar-refractivity contribution in [1.82, 2.24) is 10.2 Å². The van der Waals surface area contributed by atoms with E-state index in [9.17, 15) is 4.79 Å². The van der Waals surface area contributed by atoms with Crippen molar-refractivity contribution < 1.29 is 29.3 Å². The third-order valence-corrected chi connectivity index (χ3v) is 3.98. The van der Waals surface area contributed by atoms with E-state index in [-0.39, 0.29) is 5.91 Å². The van der Waals surface area contributed by atoms with Crippen molar-refractivity contribution in [2.24, 2.45) is 0 Å². The molecule has 0 aromatic rings. The van der Waals surface area contributed by atoms with Gasteiger partial charge in [-0.3, -0.25) is 4.79 Å². The molecule has 0 spiro atoms. The summed E-state index contributed by atoms with van der Waals surface area (Å²) in [5.41, 5.74) is 0. The van der Waals surface area contributed by atoms with Crippen LogP contribution in [0.15, 0.2) is 0 Å². The van der Waals surface area contributed by atoms with Gasteiger partial charge in [-0.25, -0.2) is 9.59 Å². The van der Waals surface area contributed by atoms with Crippen molar-refractivity contribution in [3.8, 4) is 0 Å². The molecular formula is C15H26N2O6. The molecule has 2 rings (SSSR count). The summed E-state index contributed by atoms with van der Waals surface area (Å²) in [5, 5.41) is 18.0. The summed E-state index contributed by atoms with van der Waals surface area (Å²) in [4.78, 5) is 32.2. The molecule has 2 saturated heterocycles. The zero-order valence-electron chi connectivity index (χ0n) is 13.5. The number of piperidine rings is 1. The number of carbonyl (C=O) groups is 3. The molecule has 2 atom stereocenters. The Morgan fingerprint density at radius 3 is 2.35 bits per heavy atom. The van der Waals surface area contributed by atoms with Gasteiger partial charge in [-0.1, -0.05) is 0 Å².